The molecule has 1 atom stereocenters. The average Bonchev–Trinajstić information content (AvgIpc) is 3.47. The lowest BCUT2D eigenvalue weighted by atomic mass is 9.88. The number of rotatable bonds is 4. The van der Waals surface area contributed by atoms with E-state index >= 15 is 0 Å². The third kappa shape index (κ3) is 3.60. The first-order valence-electron chi connectivity index (χ1n) is 11.6. The zero-order valence-corrected chi connectivity index (χ0v) is 18.0. The number of aromatic nitrogens is 2. The van der Waals surface area contributed by atoms with Crippen molar-refractivity contribution in [3.05, 3.63) is 58.9 Å². The van der Waals surface area contributed by atoms with Gasteiger partial charge in [-0.05, 0) is 56.6 Å². The molecular formula is C25H32N4O. The van der Waals surface area contributed by atoms with Gasteiger partial charge in [0.25, 0.3) is 5.91 Å². The smallest absolute Gasteiger partial charge is 0.274 e. The maximum atomic E-state index is 13.2. The van der Waals surface area contributed by atoms with Crippen LogP contribution in [0.1, 0.15) is 59.9 Å². The SMILES string of the molecule is CCn1nc(C(=O)N2CCCC2)c2c1CC[C@H](N1CC=C(c3ccccc3)CC1)C2. The molecule has 2 aliphatic heterocycles. The molecule has 158 valence electrons. The summed E-state index contributed by atoms with van der Waals surface area (Å²) in [6.07, 6.45) is 8.88. The number of likely N-dealkylation sites (tertiary alicyclic amines) is 1. The van der Waals surface area contributed by atoms with Gasteiger partial charge in [-0.2, -0.15) is 5.10 Å². The molecule has 0 radical (unpaired) electrons. The van der Waals surface area contributed by atoms with Crippen LogP contribution in [0.4, 0.5) is 0 Å². The van der Waals surface area contributed by atoms with Crippen LogP contribution in [-0.2, 0) is 19.4 Å². The fourth-order valence-electron chi connectivity index (χ4n) is 5.42. The molecular weight excluding hydrogens is 372 g/mol. The van der Waals surface area contributed by atoms with E-state index < -0.39 is 0 Å². The molecule has 3 heterocycles. The molecule has 1 aromatic carbocycles. The number of hydrogen-bond acceptors (Lipinski definition) is 3. The first-order chi connectivity index (χ1) is 14.7. The van der Waals surface area contributed by atoms with E-state index in [1.165, 1.54) is 22.4 Å². The van der Waals surface area contributed by atoms with Gasteiger partial charge < -0.3 is 4.90 Å². The van der Waals surface area contributed by atoms with Gasteiger partial charge in [0.05, 0.1) is 0 Å². The lowest BCUT2D eigenvalue weighted by molar-refractivity contribution is 0.0784. The second-order valence-electron chi connectivity index (χ2n) is 8.83. The van der Waals surface area contributed by atoms with E-state index in [-0.39, 0.29) is 5.91 Å². The molecule has 5 heteroatoms. The predicted molar refractivity (Wildman–Crippen MR) is 119 cm³/mol. The van der Waals surface area contributed by atoms with Crippen molar-refractivity contribution in [2.75, 3.05) is 26.2 Å². The molecule has 0 N–H and O–H groups in total. The molecule has 3 aliphatic rings. The van der Waals surface area contributed by atoms with E-state index in [4.69, 9.17) is 5.10 Å². The van der Waals surface area contributed by atoms with E-state index in [9.17, 15) is 4.79 Å². The van der Waals surface area contributed by atoms with Crippen molar-refractivity contribution in [3.8, 4) is 0 Å². The van der Waals surface area contributed by atoms with Crippen molar-refractivity contribution >= 4 is 11.5 Å². The fourth-order valence-corrected chi connectivity index (χ4v) is 5.42. The van der Waals surface area contributed by atoms with Crippen LogP contribution < -0.4 is 0 Å². The number of amides is 1. The maximum absolute atomic E-state index is 13.2. The number of fused-ring (bicyclic) bond motifs is 1. The molecule has 2 aromatic rings. The lowest BCUT2D eigenvalue weighted by Gasteiger charge is -2.36. The monoisotopic (exact) mass is 404 g/mol. The van der Waals surface area contributed by atoms with E-state index in [1.54, 1.807) is 0 Å². The molecule has 1 fully saturated rings. The van der Waals surface area contributed by atoms with E-state index in [2.05, 4.69) is 52.9 Å². The number of aryl methyl sites for hydroxylation is 1. The third-order valence-electron chi connectivity index (χ3n) is 7.12. The second kappa shape index (κ2) is 8.38. The van der Waals surface area contributed by atoms with Crippen molar-refractivity contribution in [3.63, 3.8) is 0 Å². The van der Waals surface area contributed by atoms with Crippen LogP contribution in [0.15, 0.2) is 36.4 Å². The highest BCUT2D eigenvalue weighted by atomic mass is 16.2. The summed E-state index contributed by atoms with van der Waals surface area (Å²) >= 11 is 0. The summed E-state index contributed by atoms with van der Waals surface area (Å²) in [7, 11) is 0. The van der Waals surface area contributed by atoms with Crippen LogP contribution in [0, 0.1) is 0 Å². The molecule has 5 rings (SSSR count). The second-order valence-corrected chi connectivity index (χ2v) is 8.83. The van der Waals surface area contributed by atoms with E-state index in [0.717, 1.165) is 76.9 Å². The van der Waals surface area contributed by atoms with Crippen molar-refractivity contribution in [1.82, 2.24) is 19.6 Å². The number of nitrogens with zero attached hydrogens (tertiary/aromatic N) is 4. The summed E-state index contributed by atoms with van der Waals surface area (Å²) in [5.74, 6) is 0.154. The number of carbonyl (C=O) groups is 1. The summed E-state index contributed by atoms with van der Waals surface area (Å²) in [4.78, 5) is 17.8. The minimum absolute atomic E-state index is 0.154. The molecule has 0 saturated carbocycles. The largest absolute Gasteiger partial charge is 0.337 e. The minimum Gasteiger partial charge on any atom is -0.337 e. The van der Waals surface area contributed by atoms with Gasteiger partial charge in [0, 0.05) is 50.0 Å². The van der Waals surface area contributed by atoms with Crippen LogP contribution in [0.25, 0.3) is 5.57 Å². The summed E-state index contributed by atoms with van der Waals surface area (Å²) in [5.41, 5.74) is 6.07. The quantitative estimate of drug-likeness (QED) is 0.779. The van der Waals surface area contributed by atoms with Gasteiger partial charge in [0.1, 0.15) is 0 Å². The zero-order chi connectivity index (χ0) is 20.5. The Kier molecular flexibility index (Phi) is 5.47. The standard InChI is InChI=1S/C25H32N4O/c1-2-29-23-11-10-21(18-22(23)24(26-29)25(30)28-14-6-7-15-28)27-16-12-20(13-17-27)19-8-4-3-5-9-19/h3-5,8-9,12,21H,2,6-7,10-11,13-18H2,1H3/t21-/m0/s1. The van der Waals surface area contributed by atoms with Gasteiger partial charge >= 0.3 is 0 Å². The van der Waals surface area contributed by atoms with Gasteiger partial charge in [0.15, 0.2) is 5.69 Å². The van der Waals surface area contributed by atoms with Crippen molar-refractivity contribution < 1.29 is 4.79 Å². The molecule has 0 bridgehead atoms. The molecule has 1 aliphatic carbocycles. The Morgan fingerprint density at radius 3 is 2.60 bits per heavy atom. The van der Waals surface area contributed by atoms with Gasteiger partial charge in [-0.3, -0.25) is 14.4 Å². The van der Waals surface area contributed by atoms with Crippen LogP contribution in [-0.4, -0.2) is 57.7 Å². The van der Waals surface area contributed by atoms with Crippen molar-refractivity contribution in [2.45, 2.75) is 58.0 Å². The highest BCUT2D eigenvalue weighted by Crippen LogP contribution is 2.31. The minimum atomic E-state index is 0.154. The highest BCUT2D eigenvalue weighted by Gasteiger charge is 2.33. The molecule has 1 saturated heterocycles. The summed E-state index contributed by atoms with van der Waals surface area (Å²) in [6, 6.07) is 11.3. The van der Waals surface area contributed by atoms with Crippen LogP contribution in [0.5, 0.6) is 0 Å². The normalized spacial score (nSPS) is 22.1. The van der Waals surface area contributed by atoms with Crippen molar-refractivity contribution in [1.29, 1.82) is 0 Å². The lowest BCUT2D eigenvalue weighted by Crippen LogP contribution is -2.42. The molecule has 5 nitrogen and oxygen atoms in total. The Bertz CT molecular complexity index is 940. The van der Waals surface area contributed by atoms with Crippen LogP contribution in [0.2, 0.25) is 0 Å². The Morgan fingerprint density at radius 2 is 1.90 bits per heavy atom. The first kappa shape index (κ1) is 19.6. The molecule has 0 spiro atoms. The van der Waals surface area contributed by atoms with Gasteiger partial charge in [-0.1, -0.05) is 36.4 Å². The van der Waals surface area contributed by atoms with Gasteiger partial charge in [0.2, 0.25) is 0 Å². The zero-order valence-electron chi connectivity index (χ0n) is 18.0. The van der Waals surface area contributed by atoms with Crippen LogP contribution >= 0.6 is 0 Å². The average molecular weight is 405 g/mol. The Morgan fingerprint density at radius 1 is 1.10 bits per heavy atom. The Hall–Kier alpha value is -2.40. The fraction of sp³-hybridized carbons (Fsp3) is 0.520. The Balaban J connectivity index is 1.34. The Labute approximate surface area is 179 Å². The predicted octanol–water partition coefficient (Wildman–Crippen LogP) is 3.79. The van der Waals surface area contributed by atoms with Crippen molar-refractivity contribution in [2.24, 2.45) is 0 Å². The molecule has 1 aromatic heterocycles. The van der Waals surface area contributed by atoms with Gasteiger partial charge in [-0.15, -0.1) is 0 Å². The highest BCUT2D eigenvalue weighted by molar-refractivity contribution is 5.94. The topological polar surface area (TPSA) is 41.4 Å². The maximum Gasteiger partial charge on any atom is 0.274 e. The first-order valence-corrected chi connectivity index (χ1v) is 11.6. The molecule has 30 heavy (non-hydrogen) atoms. The van der Waals surface area contributed by atoms with Gasteiger partial charge in [-0.25, -0.2) is 0 Å². The summed E-state index contributed by atoms with van der Waals surface area (Å²) in [5, 5.41) is 4.78. The third-order valence-corrected chi connectivity index (χ3v) is 7.12. The van der Waals surface area contributed by atoms with E-state index in [0.29, 0.717) is 6.04 Å². The number of carbonyl (C=O) groups excluding carboxylic acids is 1. The van der Waals surface area contributed by atoms with E-state index in [1.807, 2.05) is 4.90 Å². The summed E-state index contributed by atoms with van der Waals surface area (Å²) in [6.45, 7) is 6.83. The molecule has 0 unspecified atom stereocenters. The number of hydrogen-bond donors (Lipinski definition) is 0. The molecule has 1 amide bonds. The van der Waals surface area contributed by atoms with Crippen LogP contribution in [0.3, 0.4) is 0 Å². The number of benzene rings is 1. The summed E-state index contributed by atoms with van der Waals surface area (Å²) < 4.78 is 2.08.